The van der Waals surface area contributed by atoms with Crippen LogP contribution in [-0.2, 0) is 14.8 Å². The number of carbonyl (C=O) groups excluding carboxylic acids is 1. The Morgan fingerprint density at radius 1 is 1.30 bits per heavy atom. The van der Waals surface area contributed by atoms with E-state index in [-0.39, 0.29) is 28.5 Å². The zero-order valence-electron chi connectivity index (χ0n) is 17.3. The number of aliphatic hydroxyl groups excluding tert-OH is 1. The molecule has 168 valence electrons. The molecule has 0 spiro atoms. The summed E-state index contributed by atoms with van der Waals surface area (Å²) in [7, 11) is -3.77. The fourth-order valence-electron chi connectivity index (χ4n) is 3.63. The maximum Gasteiger partial charge on any atom is 0.240 e. The van der Waals surface area contributed by atoms with Crippen LogP contribution >= 0.6 is 0 Å². The van der Waals surface area contributed by atoms with Gasteiger partial charge in [-0.25, -0.2) is 17.5 Å². The zero-order valence-corrected chi connectivity index (χ0v) is 18.1. The lowest BCUT2D eigenvalue weighted by molar-refractivity contribution is -0.120. The second-order valence-electron chi connectivity index (χ2n) is 8.48. The molecule has 1 aliphatic carbocycles. The van der Waals surface area contributed by atoms with Crippen molar-refractivity contribution >= 4 is 15.9 Å². The molecule has 30 heavy (non-hydrogen) atoms. The van der Waals surface area contributed by atoms with Gasteiger partial charge in [0.25, 0.3) is 0 Å². The first-order chi connectivity index (χ1) is 14.2. The molecule has 1 aromatic carbocycles. The van der Waals surface area contributed by atoms with Gasteiger partial charge in [-0.15, -0.1) is 0 Å². The van der Waals surface area contributed by atoms with Crippen LogP contribution < -0.4 is 14.8 Å². The number of sulfonamides is 1. The van der Waals surface area contributed by atoms with Gasteiger partial charge in [0.15, 0.2) is 11.6 Å². The molecule has 7 nitrogen and oxygen atoms in total. The number of aliphatic hydroxyl groups is 1. The number of amides is 1. The largest absolute Gasteiger partial charge is 0.490 e. The molecule has 9 heteroatoms. The van der Waals surface area contributed by atoms with Crippen LogP contribution in [0.15, 0.2) is 23.1 Å². The van der Waals surface area contributed by atoms with Crippen molar-refractivity contribution in [1.82, 2.24) is 10.0 Å². The first-order valence-electron chi connectivity index (χ1n) is 10.7. The van der Waals surface area contributed by atoms with Crippen molar-refractivity contribution in [3.05, 3.63) is 24.0 Å². The number of ether oxygens (including phenoxy) is 1. The van der Waals surface area contributed by atoms with E-state index in [1.807, 2.05) is 0 Å². The summed E-state index contributed by atoms with van der Waals surface area (Å²) in [5.74, 6) is -0.302. The lowest BCUT2D eigenvalue weighted by Crippen LogP contribution is -2.32. The SMILES string of the molecule is C[C@@H](CCCCCC1CC(=O)NC1O)NS(=O)(=O)c1ccc(F)c(OCC2CC2)c1. The van der Waals surface area contributed by atoms with Gasteiger partial charge in [-0.2, -0.15) is 0 Å². The summed E-state index contributed by atoms with van der Waals surface area (Å²) in [5, 5.41) is 12.2. The standard InChI is InChI=1S/C21H31FN2O5S/c1-14(5-3-2-4-6-16-11-20(25)23-21(16)26)24-30(27,28)17-9-10-18(22)19(12-17)29-13-15-7-8-15/h9-10,12,14-16,21,24,26H,2-8,11,13H2,1H3,(H,23,25)/t14-,16?,21?/m0/s1. The van der Waals surface area contributed by atoms with E-state index in [1.54, 1.807) is 6.92 Å². The number of hydrogen-bond donors (Lipinski definition) is 3. The molecule has 0 aromatic heterocycles. The van der Waals surface area contributed by atoms with Gasteiger partial charge in [0.2, 0.25) is 15.9 Å². The molecule has 3 atom stereocenters. The van der Waals surface area contributed by atoms with Crippen molar-refractivity contribution in [1.29, 1.82) is 0 Å². The predicted molar refractivity (Wildman–Crippen MR) is 110 cm³/mol. The van der Waals surface area contributed by atoms with Crippen LogP contribution in [0.25, 0.3) is 0 Å². The van der Waals surface area contributed by atoms with Gasteiger partial charge in [0.05, 0.1) is 11.5 Å². The van der Waals surface area contributed by atoms with Gasteiger partial charge < -0.3 is 15.2 Å². The van der Waals surface area contributed by atoms with Crippen molar-refractivity contribution in [2.24, 2.45) is 11.8 Å². The van der Waals surface area contributed by atoms with Crippen molar-refractivity contribution in [3.63, 3.8) is 0 Å². The molecule has 1 aliphatic heterocycles. The molecular formula is C21H31FN2O5S. The number of nitrogens with one attached hydrogen (secondary N) is 2. The van der Waals surface area contributed by atoms with Gasteiger partial charge in [0, 0.05) is 24.4 Å². The molecule has 2 aliphatic rings. The molecule has 2 fully saturated rings. The highest BCUT2D eigenvalue weighted by Gasteiger charge is 2.30. The van der Waals surface area contributed by atoms with E-state index in [0.717, 1.165) is 44.6 Å². The maximum atomic E-state index is 13.9. The van der Waals surface area contributed by atoms with Crippen LogP contribution in [-0.4, -0.2) is 38.3 Å². The van der Waals surface area contributed by atoms with Gasteiger partial charge in [-0.3, -0.25) is 4.79 Å². The molecule has 1 heterocycles. The third kappa shape index (κ3) is 6.65. The highest BCUT2D eigenvalue weighted by atomic mass is 32.2. The summed E-state index contributed by atoms with van der Waals surface area (Å²) < 4.78 is 47.3. The second kappa shape index (κ2) is 10.1. The minimum Gasteiger partial charge on any atom is -0.490 e. The topological polar surface area (TPSA) is 105 Å². The minimum atomic E-state index is -3.77. The fourth-order valence-corrected chi connectivity index (χ4v) is 4.92. The molecule has 0 bridgehead atoms. The molecular weight excluding hydrogens is 411 g/mol. The number of rotatable bonds is 12. The maximum absolute atomic E-state index is 13.9. The molecule has 1 amide bonds. The normalized spacial score (nSPS) is 22.7. The number of hydrogen-bond acceptors (Lipinski definition) is 5. The quantitative estimate of drug-likeness (QED) is 0.432. The summed E-state index contributed by atoms with van der Waals surface area (Å²) in [6.45, 7) is 2.21. The lowest BCUT2D eigenvalue weighted by atomic mass is 9.98. The summed E-state index contributed by atoms with van der Waals surface area (Å²) in [6.07, 6.45) is 5.75. The van der Waals surface area contributed by atoms with Crippen LogP contribution in [0, 0.1) is 17.7 Å². The molecule has 0 radical (unpaired) electrons. The lowest BCUT2D eigenvalue weighted by Gasteiger charge is -2.16. The predicted octanol–water partition coefficient (Wildman–Crippen LogP) is 2.69. The number of halogens is 1. The van der Waals surface area contributed by atoms with Crippen molar-refractivity contribution in [2.45, 2.75) is 75.5 Å². The van der Waals surface area contributed by atoms with E-state index in [0.29, 0.717) is 25.4 Å². The monoisotopic (exact) mass is 442 g/mol. The molecule has 3 N–H and O–H groups in total. The average Bonchev–Trinajstić information content (AvgIpc) is 3.44. The Morgan fingerprint density at radius 3 is 2.73 bits per heavy atom. The molecule has 2 unspecified atom stereocenters. The van der Waals surface area contributed by atoms with Gasteiger partial charge in [-0.05, 0) is 50.7 Å². The highest BCUT2D eigenvalue weighted by molar-refractivity contribution is 7.89. The van der Waals surface area contributed by atoms with E-state index in [1.165, 1.54) is 12.1 Å². The van der Waals surface area contributed by atoms with E-state index in [2.05, 4.69) is 10.0 Å². The van der Waals surface area contributed by atoms with Gasteiger partial charge in [-0.1, -0.05) is 19.3 Å². The summed E-state index contributed by atoms with van der Waals surface area (Å²) >= 11 is 0. The smallest absolute Gasteiger partial charge is 0.240 e. The van der Waals surface area contributed by atoms with E-state index in [9.17, 15) is 22.7 Å². The fraction of sp³-hybridized carbons (Fsp3) is 0.667. The summed E-state index contributed by atoms with van der Waals surface area (Å²) in [6, 6.07) is 3.35. The first-order valence-corrected chi connectivity index (χ1v) is 12.1. The Kier molecular flexibility index (Phi) is 7.70. The van der Waals surface area contributed by atoms with E-state index >= 15 is 0 Å². The summed E-state index contributed by atoms with van der Waals surface area (Å²) in [4.78, 5) is 11.2. The summed E-state index contributed by atoms with van der Waals surface area (Å²) in [5.41, 5.74) is 0. The third-order valence-corrected chi connectivity index (χ3v) is 7.24. The van der Waals surface area contributed by atoms with Gasteiger partial charge >= 0.3 is 0 Å². The molecule has 3 rings (SSSR count). The van der Waals surface area contributed by atoms with Crippen LogP contribution in [0.3, 0.4) is 0 Å². The highest BCUT2D eigenvalue weighted by Crippen LogP contribution is 2.31. The van der Waals surface area contributed by atoms with E-state index in [4.69, 9.17) is 4.74 Å². The first kappa shape index (κ1) is 23.0. The molecule has 1 saturated heterocycles. The Bertz CT molecular complexity index is 844. The Labute approximate surface area is 177 Å². The Balaban J connectivity index is 1.41. The van der Waals surface area contributed by atoms with Crippen molar-refractivity contribution < 1.29 is 27.4 Å². The second-order valence-corrected chi connectivity index (χ2v) is 10.2. The van der Waals surface area contributed by atoms with Crippen molar-refractivity contribution in [3.8, 4) is 5.75 Å². The Hall–Kier alpha value is -1.71. The zero-order chi connectivity index (χ0) is 21.7. The van der Waals surface area contributed by atoms with Crippen LogP contribution in [0.2, 0.25) is 0 Å². The van der Waals surface area contributed by atoms with Crippen LogP contribution in [0.4, 0.5) is 4.39 Å². The molecule has 1 aromatic rings. The Morgan fingerprint density at radius 2 is 2.07 bits per heavy atom. The number of unbranched alkanes of at least 4 members (excludes halogenated alkanes) is 2. The minimum absolute atomic E-state index is 0.00562. The van der Waals surface area contributed by atoms with Crippen molar-refractivity contribution in [2.75, 3.05) is 6.61 Å². The van der Waals surface area contributed by atoms with Crippen LogP contribution in [0.1, 0.15) is 58.3 Å². The van der Waals surface area contributed by atoms with Gasteiger partial charge in [0.1, 0.15) is 6.23 Å². The number of carbonyl (C=O) groups is 1. The number of benzene rings is 1. The molecule has 1 saturated carbocycles. The van der Waals surface area contributed by atoms with Crippen LogP contribution in [0.5, 0.6) is 5.75 Å². The average molecular weight is 443 g/mol. The third-order valence-electron chi connectivity index (χ3n) is 5.66. The van der Waals surface area contributed by atoms with E-state index < -0.39 is 22.1 Å².